The van der Waals surface area contributed by atoms with Crippen molar-refractivity contribution < 1.29 is 4.39 Å². The van der Waals surface area contributed by atoms with Crippen molar-refractivity contribution in [3.05, 3.63) is 53.1 Å². The molecule has 2 aromatic rings. The number of rotatable bonds is 6. The molecule has 148 valence electrons. The predicted octanol–water partition coefficient (Wildman–Crippen LogP) is 3.67. The van der Waals surface area contributed by atoms with Crippen LogP contribution >= 0.6 is 0 Å². The second-order valence-corrected chi connectivity index (χ2v) is 7.99. The van der Waals surface area contributed by atoms with E-state index in [0.717, 1.165) is 11.7 Å². The lowest BCUT2D eigenvalue weighted by Gasteiger charge is -2.29. The summed E-state index contributed by atoms with van der Waals surface area (Å²) in [7, 11) is 5.71. The number of hydrogen-bond donors (Lipinski definition) is 1. The van der Waals surface area contributed by atoms with Crippen molar-refractivity contribution in [3.8, 4) is 0 Å². The molecule has 0 saturated carbocycles. The fourth-order valence-corrected chi connectivity index (χ4v) is 3.28. The first-order valence-electron chi connectivity index (χ1n) is 9.35. The molecule has 0 saturated heterocycles. The maximum Gasteiger partial charge on any atom is 0.193 e. The third-order valence-electron chi connectivity index (χ3n) is 4.76. The van der Waals surface area contributed by atoms with Gasteiger partial charge >= 0.3 is 0 Å². The summed E-state index contributed by atoms with van der Waals surface area (Å²) < 4.78 is 16.0. The maximum atomic E-state index is 14.2. The summed E-state index contributed by atoms with van der Waals surface area (Å²) in [5.74, 6) is 0.965. The van der Waals surface area contributed by atoms with Crippen LogP contribution in [0.2, 0.25) is 0 Å². The Morgan fingerprint density at radius 1 is 1.33 bits per heavy atom. The predicted molar refractivity (Wildman–Crippen MR) is 110 cm³/mol. The minimum Gasteiger partial charge on any atom is -0.355 e. The van der Waals surface area contributed by atoms with Crippen molar-refractivity contribution >= 4 is 5.96 Å². The lowest BCUT2D eigenvalue weighted by molar-refractivity contribution is 0.436. The third kappa shape index (κ3) is 5.08. The Morgan fingerprint density at radius 3 is 2.59 bits per heavy atom. The molecule has 0 aliphatic carbocycles. The summed E-state index contributed by atoms with van der Waals surface area (Å²) >= 11 is 0. The molecule has 0 aliphatic rings. The minimum absolute atomic E-state index is 0.176. The second kappa shape index (κ2) is 8.55. The van der Waals surface area contributed by atoms with E-state index >= 15 is 0 Å². The van der Waals surface area contributed by atoms with E-state index < -0.39 is 0 Å². The van der Waals surface area contributed by atoms with Crippen molar-refractivity contribution in [2.75, 3.05) is 20.6 Å². The summed E-state index contributed by atoms with van der Waals surface area (Å²) in [6.07, 6.45) is 2.06. The molecular weight excluding hydrogens is 341 g/mol. The van der Waals surface area contributed by atoms with Crippen molar-refractivity contribution in [1.82, 2.24) is 20.0 Å². The van der Waals surface area contributed by atoms with Gasteiger partial charge in [-0.1, -0.05) is 45.9 Å². The Labute approximate surface area is 162 Å². The summed E-state index contributed by atoms with van der Waals surface area (Å²) in [6.45, 7) is 9.65. The van der Waals surface area contributed by atoms with Crippen LogP contribution in [0.5, 0.6) is 0 Å². The van der Waals surface area contributed by atoms with E-state index in [0.29, 0.717) is 24.6 Å². The number of aryl methyl sites for hydroxylation is 1. The molecule has 27 heavy (non-hydrogen) atoms. The molecule has 1 aromatic heterocycles. The number of benzene rings is 1. The van der Waals surface area contributed by atoms with E-state index in [1.54, 1.807) is 13.1 Å². The van der Waals surface area contributed by atoms with Gasteiger partial charge < -0.3 is 10.2 Å². The quantitative estimate of drug-likeness (QED) is 0.621. The van der Waals surface area contributed by atoms with Gasteiger partial charge in [-0.25, -0.2) is 4.39 Å². The van der Waals surface area contributed by atoms with Crippen LogP contribution in [0.1, 0.15) is 50.4 Å². The first kappa shape index (κ1) is 20.9. The van der Waals surface area contributed by atoms with E-state index in [1.807, 2.05) is 44.8 Å². The number of aliphatic imine (C=N–C) groups is 1. The van der Waals surface area contributed by atoms with Gasteiger partial charge in [-0.05, 0) is 17.5 Å². The van der Waals surface area contributed by atoms with Gasteiger partial charge in [0.2, 0.25) is 0 Å². The molecule has 0 radical (unpaired) electrons. The van der Waals surface area contributed by atoms with Crippen molar-refractivity contribution in [2.24, 2.45) is 12.0 Å². The fourth-order valence-electron chi connectivity index (χ4n) is 3.28. The molecule has 0 spiro atoms. The second-order valence-electron chi connectivity index (χ2n) is 7.99. The number of halogens is 1. The van der Waals surface area contributed by atoms with Gasteiger partial charge in [-0.2, -0.15) is 5.10 Å². The third-order valence-corrected chi connectivity index (χ3v) is 4.76. The van der Waals surface area contributed by atoms with Gasteiger partial charge in [0.1, 0.15) is 5.82 Å². The van der Waals surface area contributed by atoms with Crippen LogP contribution < -0.4 is 5.32 Å². The molecule has 0 atom stereocenters. The largest absolute Gasteiger partial charge is 0.355 e. The molecule has 6 heteroatoms. The van der Waals surface area contributed by atoms with Crippen molar-refractivity contribution in [2.45, 2.75) is 45.6 Å². The topological polar surface area (TPSA) is 45.5 Å². The summed E-state index contributed by atoms with van der Waals surface area (Å²) in [5, 5.41) is 7.96. The van der Waals surface area contributed by atoms with Crippen LogP contribution in [-0.4, -0.2) is 41.3 Å². The maximum absolute atomic E-state index is 14.2. The van der Waals surface area contributed by atoms with Gasteiger partial charge in [0.25, 0.3) is 0 Å². The van der Waals surface area contributed by atoms with E-state index in [9.17, 15) is 4.39 Å². The van der Waals surface area contributed by atoms with Gasteiger partial charge in [0.05, 0.1) is 5.69 Å². The zero-order chi connectivity index (χ0) is 20.2. The average molecular weight is 374 g/mol. The number of nitrogens with one attached hydrogen (secondary N) is 1. The standard InChI is InChI=1S/C21H32FN5/c1-15(2)19-16(13-27(7)25-19)12-26(6)20(23-5)24-14-21(3,4)17-10-8-9-11-18(17)22/h8-11,13,15H,12,14H2,1-7H3,(H,23,24). The molecule has 0 aliphatic heterocycles. The van der Waals surface area contributed by atoms with E-state index in [4.69, 9.17) is 0 Å². The molecule has 0 amide bonds. The monoisotopic (exact) mass is 373 g/mol. The molecule has 1 aromatic carbocycles. The molecule has 0 unspecified atom stereocenters. The highest BCUT2D eigenvalue weighted by molar-refractivity contribution is 5.79. The molecule has 0 bridgehead atoms. The number of guanidine groups is 1. The SMILES string of the molecule is CN=C(NCC(C)(C)c1ccccc1F)N(C)Cc1cn(C)nc1C(C)C. The van der Waals surface area contributed by atoms with Crippen LogP contribution in [-0.2, 0) is 19.0 Å². The van der Waals surface area contributed by atoms with Crippen molar-refractivity contribution in [3.63, 3.8) is 0 Å². The van der Waals surface area contributed by atoms with Crippen LogP contribution in [0, 0.1) is 5.82 Å². The normalized spacial score (nSPS) is 12.6. The van der Waals surface area contributed by atoms with Gasteiger partial charge in [-0.15, -0.1) is 0 Å². The Morgan fingerprint density at radius 2 is 2.00 bits per heavy atom. The van der Waals surface area contributed by atoms with Crippen LogP contribution in [0.15, 0.2) is 35.5 Å². The first-order valence-corrected chi connectivity index (χ1v) is 9.35. The molecule has 0 fully saturated rings. The fraction of sp³-hybridized carbons (Fsp3) is 0.524. The Balaban J connectivity index is 2.08. The number of aromatic nitrogens is 2. The molecule has 1 heterocycles. The Bertz CT molecular complexity index is 792. The van der Waals surface area contributed by atoms with E-state index in [-0.39, 0.29) is 11.2 Å². The smallest absolute Gasteiger partial charge is 0.193 e. The lowest BCUT2D eigenvalue weighted by Crippen LogP contribution is -2.44. The molecule has 5 nitrogen and oxygen atoms in total. The van der Waals surface area contributed by atoms with Gasteiger partial charge in [0, 0.05) is 51.4 Å². The van der Waals surface area contributed by atoms with Gasteiger partial charge in [-0.3, -0.25) is 9.67 Å². The first-order chi connectivity index (χ1) is 12.7. The minimum atomic E-state index is -0.362. The summed E-state index contributed by atoms with van der Waals surface area (Å²) in [4.78, 5) is 6.46. The summed E-state index contributed by atoms with van der Waals surface area (Å²) in [6, 6.07) is 6.94. The van der Waals surface area contributed by atoms with E-state index in [1.165, 1.54) is 11.6 Å². The van der Waals surface area contributed by atoms with E-state index in [2.05, 4.69) is 40.4 Å². The van der Waals surface area contributed by atoms with Crippen LogP contribution in [0.25, 0.3) is 0 Å². The number of hydrogen-bond acceptors (Lipinski definition) is 2. The van der Waals surface area contributed by atoms with Gasteiger partial charge in [0.15, 0.2) is 5.96 Å². The highest BCUT2D eigenvalue weighted by Crippen LogP contribution is 2.25. The average Bonchev–Trinajstić information content (AvgIpc) is 2.96. The lowest BCUT2D eigenvalue weighted by atomic mass is 9.84. The highest BCUT2D eigenvalue weighted by Gasteiger charge is 2.25. The molecule has 1 N–H and O–H groups in total. The van der Waals surface area contributed by atoms with Crippen LogP contribution in [0.3, 0.4) is 0 Å². The zero-order valence-corrected chi connectivity index (χ0v) is 17.5. The molecular formula is C21H32FN5. The van der Waals surface area contributed by atoms with Crippen LogP contribution in [0.4, 0.5) is 4.39 Å². The number of nitrogens with zero attached hydrogens (tertiary/aromatic N) is 4. The zero-order valence-electron chi connectivity index (χ0n) is 17.5. The highest BCUT2D eigenvalue weighted by atomic mass is 19.1. The molecule has 2 rings (SSSR count). The summed E-state index contributed by atoms with van der Waals surface area (Å²) in [5.41, 5.74) is 2.63. The van der Waals surface area contributed by atoms with Crippen molar-refractivity contribution in [1.29, 1.82) is 0 Å². The Kier molecular flexibility index (Phi) is 6.63. The Hall–Kier alpha value is -2.37.